The van der Waals surface area contributed by atoms with E-state index in [9.17, 15) is 4.79 Å². The number of nitrogens with zero attached hydrogens (tertiary/aromatic N) is 3. The first-order chi connectivity index (χ1) is 11.8. The fourth-order valence-corrected chi connectivity index (χ4v) is 3.79. The summed E-state index contributed by atoms with van der Waals surface area (Å²) in [7, 11) is 0. The van der Waals surface area contributed by atoms with Gasteiger partial charge in [-0.25, -0.2) is 0 Å². The maximum absolute atomic E-state index is 12.5. The SMILES string of the molecule is O=C(c1csnn1)N1CCC2NNC(COc3ccccc3)C2C1. The van der Waals surface area contributed by atoms with Crippen LogP contribution < -0.4 is 15.6 Å². The lowest BCUT2D eigenvalue weighted by Gasteiger charge is -2.35. The van der Waals surface area contributed by atoms with Crippen LogP contribution in [0.3, 0.4) is 0 Å². The molecule has 2 N–H and O–H groups in total. The Labute approximate surface area is 144 Å². The molecule has 1 amide bonds. The Hall–Kier alpha value is -2.03. The van der Waals surface area contributed by atoms with Gasteiger partial charge in [-0.05, 0) is 30.1 Å². The molecule has 0 spiro atoms. The summed E-state index contributed by atoms with van der Waals surface area (Å²) in [6.07, 6.45) is 0.919. The summed E-state index contributed by atoms with van der Waals surface area (Å²) < 4.78 is 9.66. The molecule has 0 radical (unpaired) electrons. The van der Waals surface area contributed by atoms with Crippen molar-refractivity contribution in [3.63, 3.8) is 0 Å². The van der Waals surface area contributed by atoms with Crippen molar-refractivity contribution in [1.29, 1.82) is 0 Å². The van der Waals surface area contributed by atoms with Crippen molar-refractivity contribution in [1.82, 2.24) is 25.3 Å². The molecular formula is C16H19N5O2S. The maximum atomic E-state index is 12.5. The monoisotopic (exact) mass is 345 g/mol. The van der Waals surface area contributed by atoms with Crippen molar-refractivity contribution in [3.8, 4) is 5.75 Å². The molecule has 2 aromatic rings. The predicted octanol–water partition coefficient (Wildman–Crippen LogP) is 0.924. The summed E-state index contributed by atoms with van der Waals surface area (Å²) >= 11 is 1.20. The zero-order valence-electron chi connectivity index (χ0n) is 13.1. The van der Waals surface area contributed by atoms with E-state index >= 15 is 0 Å². The van der Waals surface area contributed by atoms with E-state index in [0.717, 1.165) is 18.7 Å². The van der Waals surface area contributed by atoms with E-state index in [4.69, 9.17) is 4.74 Å². The average molecular weight is 345 g/mol. The molecule has 2 saturated heterocycles. The fraction of sp³-hybridized carbons (Fsp3) is 0.438. The minimum absolute atomic E-state index is 0.0307. The molecule has 0 bridgehead atoms. The van der Waals surface area contributed by atoms with E-state index in [1.54, 1.807) is 5.38 Å². The molecule has 3 atom stereocenters. The normalized spacial score (nSPS) is 26.2. The molecule has 1 aromatic carbocycles. The zero-order valence-corrected chi connectivity index (χ0v) is 13.9. The number of hydrogen-bond donors (Lipinski definition) is 2. The van der Waals surface area contributed by atoms with Crippen molar-refractivity contribution < 1.29 is 9.53 Å². The third kappa shape index (κ3) is 3.12. The van der Waals surface area contributed by atoms with Gasteiger partial charge < -0.3 is 9.64 Å². The Kier molecular flexibility index (Phi) is 4.42. The number of benzene rings is 1. The predicted molar refractivity (Wildman–Crippen MR) is 89.7 cm³/mol. The highest BCUT2D eigenvalue weighted by molar-refractivity contribution is 7.03. The minimum Gasteiger partial charge on any atom is -0.492 e. The van der Waals surface area contributed by atoms with Crippen molar-refractivity contribution in [2.75, 3.05) is 19.7 Å². The second kappa shape index (κ2) is 6.84. The van der Waals surface area contributed by atoms with Crippen molar-refractivity contribution in [2.24, 2.45) is 5.92 Å². The summed E-state index contributed by atoms with van der Waals surface area (Å²) in [5, 5.41) is 5.60. The van der Waals surface area contributed by atoms with E-state index in [-0.39, 0.29) is 11.9 Å². The molecule has 4 rings (SSSR count). The third-order valence-corrected chi connectivity index (χ3v) is 5.17. The highest BCUT2D eigenvalue weighted by Gasteiger charge is 2.41. The fourth-order valence-electron chi connectivity index (χ4n) is 3.36. The Morgan fingerprint density at radius 1 is 1.33 bits per heavy atom. The topological polar surface area (TPSA) is 79.4 Å². The van der Waals surface area contributed by atoms with Crippen LogP contribution in [0.5, 0.6) is 5.75 Å². The van der Waals surface area contributed by atoms with Gasteiger partial charge in [0.15, 0.2) is 5.69 Å². The van der Waals surface area contributed by atoms with Crippen LogP contribution in [0.15, 0.2) is 35.7 Å². The van der Waals surface area contributed by atoms with Gasteiger partial charge in [0.05, 0.1) is 6.04 Å². The van der Waals surface area contributed by atoms with Gasteiger partial charge in [-0.15, -0.1) is 5.10 Å². The number of likely N-dealkylation sites (tertiary alicyclic amines) is 1. The Bertz CT molecular complexity index is 681. The van der Waals surface area contributed by atoms with Crippen LogP contribution in [0.2, 0.25) is 0 Å². The number of carbonyl (C=O) groups excluding carboxylic acids is 1. The second-order valence-corrected chi connectivity index (χ2v) is 6.73. The lowest BCUT2D eigenvalue weighted by Crippen LogP contribution is -2.49. The Balaban J connectivity index is 1.39. The lowest BCUT2D eigenvalue weighted by molar-refractivity contribution is 0.0634. The van der Waals surface area contributed by atoms with Crippen LogP contribution in [0, 0.1) is 5.92 Å². The van der Waals surface area contributed by atoms with Crippen LogP contribution in [0.25, 0.3) is 0 Å². The van der Waals surface area contributed by atoms with Gasteiger partial charge in [0, 0.05) is 30.4 Å². The van der Waals surface area contributed by atoms with Crippen LogP contribution >= 0.6 is 11.5 Å². The lowest BCUT2D eigenvalue weighted by atomic mass is 9.88. The van der Waals surface area contributed by atoms with E-state index in [0.29, 0.717) is 30.8 Å². The first-order valence-electron chi connectivity index (χ1n) is 8.06. The van der Waals surface area contributed by atoms with Crippen molar-refractivity contribution in [3.05, 3.63) is 41.4 Å². The first kappa shape index (κ1) is 15.5. The van der Waals surface area contributed by atoms with E-state index in [1.165, 1.54) is 11.5 Å². The number of fused-ring (bicyclic) bond motifs is 1. The molecule has 2 aliphatic heterocycles. The second-order valence-electron chi connectivity index (χ2n) is 6.12. The summed E-state index contributed by atoms with van der Waals surface area (Å²) in [4.78, 5) is 14.4. The number of ether oxygens (including phenoxy) is 1. The molecular weight excluding hydrogens is 326 g/mol. The molecule has 2 aliphatic rings. The quantitative estimate of drug-likeness (QED) is 0.858. The molecule has 24 heavy (non-hydrogen) atoms. The molecule has 1 aromatic heterocycles. The molecule has 3 unspecified atom stereocenters. The number of para-hydroxylation sites is 1. The van der Waals surface area contributed by atoms with Crippen LogP contribution in [-0.4, -0.2) is 52.2 Å². The van der Waals surface area contributed by atoms with Gasteiger partial charge in [-0.2, -0.15) is 0 Å². The number of carbonyl (C=O) groups is 1. The maximum Gasteiger partial charge on any atom is 0.275 e. The summed E-state index contributed by atoms with van der Waals surface area (Å²) in [5.74, 6) is 1.15. The standard InChI is InChI=1S/C16H19N5O2S/c22-16(15-10-24-20-19-15)21-7-6-13-12(8-21)14(18-17-13)9-23-11-4-2-1-3-5-11/h1-5,10,12-14,17-18H,6-9H2. The van der Waals surface area contributed by atoms with Crippen LogP contribution in [0.1, 0.15) is 16.9 Å². The Morgan fingerprint density at radius 2 is 2.21 bits per heavy atom. The Morgan fingerprint density at radius 3 is 3.00 bits per heavy atom. The largest absolute Gasteiger partial charge is 0.492 e. The minimum atomic E-state index is -0.0307. The van der Waals surface area contributed by atoms with Crippen molar-refractivity contribution >= 4 is 17.4 Å². The number of piperidine rings is 1. The van der Waals surface area contributed by atoms with E-state index < -0.39 is 0 Å². The van der Waals surface area contributed by atoms with Gasteiger partial charge in [-0.3, -0.25) is 15.6 Å². The van der Waals surface area contributed by atoms with Crippen LogP contribution in [-0.2, 0) is 0 Å². The number of rotatable bonds is 4. The number of aromatic nitrogens is 2. The third-order valence-electron chi connectivity index (χ3n) is 4.67. The number of amides is 1. The molecule has 0 aliphatic carbocycles. The first-order valence-corrected chi connectivity index (χ1v) is 8.90. The molecule has 2 fully saturated rings. The highest BCUT2D eigenvalue weighted by atomic mass is 32.1. The number of hydrazine groups is 1. The number of nitrogens with one attached hydrogen (secondary N) is 2. The smallest absolute Gasteiger partial charge is 0.275 e. The molecule has 3 heterocycles. The molecule has 0 saturated carbocycles. The molecule has 8 heteroatoms. The highest BCUT2D eigenvalue weighted by Crippen LogP contribution is 2.26. The molecule has 126 valence electrons. The summed E-state index contributed by atoms with van der Waals surface area (Å²) in [6, 6.07) is 10.3. The van der Waals surface area contributed by atoms with Gasteiger partial charge >= 0.3 is 0 Å². The number of hydrogen-bond acceptors (Lipinski definition) is 7. The van der Waals surface area contributed by atoms with Gasteiger partial charge in [0.25, 0.3) is 5.91 Å². The van der Waals surface area contributed by atoms with E-state index in [1.807, 2.05) is 35.2 Å². The molecule has 7 nitrogen and oxygen atoms in total. The summed E-state index contributed by atoms with van der Waals surface area (Å²) in [6.45, 7) is 2.00. The van der Waals surface area contributed by atoms with Crippen LogP contribution in [0.4, 0.5) is 0 Å². The van der Waals surface area contributed by atoms with Gasteiger partial charge in [0.1, 0.15) is 12.4 Å². The van der Waals surface area contributed by atoms with E-state index in [2.05, 4.69) is 20.4 Å². The van der Waals surface area contributed by atoms with Gasteiger partial charge in [0.2, 0.25) is 0 Å². The summed E-state index contributed by atoms with van der Waals surface area (Å²) in [5.41, 5.74) is 7.11. The average Bonchev–Trinajstić information content (AvgIpc) is 3.30. The van der Waals surface area contributed by atoms with Crippen molar-refractivity contribution in [2.45, 2.75) is 18.5 Å². The zero-order chi connectivity index (χ0) is 16.4. The van der Waals surface area contributed by atoms with Gasteiger partial charge in [-0.1, -0.05) is 22.7 Å².